The second-order valence-electron chi connectivity index (χ2n) is 6.30. The van der Waals surface area contributed by atoms with Gasteiger partial charge >= 0.3 is 0 Å². The molecule has 4 heteroatoms. The summed E-state index contributed by atoms with van der Waals surface area (Å²) in [4.78, 5) is 0.338. The summed E-state index contributed by atoms with van der Waals surface area (Å²) < 4.78 is 24.3. The molecule has 1 aromatic rings. The van der Waals surface area contributed by atoms with Gasteiger partial charge in [-0.05, 0) is 24.8 Å². The van der Waals surface area contributed by atoms with Crippen molar-refractivity contribution < 1.29 is 13.5 Å². The molecule has 3 nitrogen and oxygen atoms in total. The first kappa shape index (κ1) is 14.1. The maximum absolute atomic E-state index is 12.1. The average molecular weight is 294 g/mol. The van der Waals surface area contributed by atoms with Crippen molar-refractivity contribution in [2.45, 2.75) is 55.4 Å². The molecular weight excluding hydrogens is 272 g/mol. The number of benzene rings is 1. The molecule has 1 N–H and O–H groups in total. The van der Waals surface area contributed by atoms with Crippen LogP contribution >= 0.6 is 0 Å². The van der Waals surface area contributed by atoms with Crippen molar-refractivity contribution >= 4 is 9.84 Å². The van der Waals surface area contributed by atoms with E-state index in [4.69, 9.17) is 0 Å². The largest absolute Gasteiger partial charge is 0.385 e. The van der Waals surface area contributed by atoms with Gasteiger partial charge in [-0.1, -0.05) is 50.3 Å². The van der Waals surface area contributed by atoms with Crippen LogP contribution in [0.2, 0.25) is 0 Å². The third-order valence-corrected chi connectivity index (χ3v) is 6.63. The lowest BCUT2D eigenvalue weighted by Crippen LogP contribution is -2.37. The van der Waals surface area contributed by atoms with Crippen molar-refractivity contribution in [2.75, 3.05) is 5.75 Å². The highest BCUT2D eigenvalue weighted by molar-refractivity contribution is 7.91. The molecule has 3 rings (SSSR count). The van der Waals surface area contributed by atoms with Gasteiger partial charge in [0.05, 0.1) is 16.2 Å². The van der Waals surface area contributed by atoms with E-state index in [0.717, 1.165) is 12.8 Å². The smallest absolute Gasteiger partial charge is 0.178 e. The molecule has 1 aromatic carbocycles. The first-order valence-electron chi connectivity index (χ1n) is 7.56. The van der Waals surface area contributed by atoms with Crippen LogP contribution in [0.5, 0.6) is 0 Å². The third-order valence-electron chi connectivity index (χ3n) is 4.86. The van der Waals surface area contributed by atoms with Gasteiger partial charge in [0.15, 0.2) is 9.84 Å². The van der Waals surface area contributed by atoms with Gasteiger partial charge in [-0.15, -0.1) is 0 Å². The zero-order chi connectivity index (χ0) is 14.2. The molecule has 0 aromatic heterocycles. The molecule has 1 aliphatic heterocycles. The van der Waals surface area contributed by atoms with Crippen molar-refractivity contribution in [1.29, 1.82) is 0 Å². The second-order valence-corrected chi connectivity index (χ2v) is 8.38. The minimum absolute atomic E-state index is 0.0627. The average Bonchev–Trinajstić information content (AvgIpc) is 2.45. The van der Waals surface area contributed by atoms with E-state index in [-0.39, 0.29) is 5.75 Å². The molecule has 2 aliphatic rings. The molecule has 1 atom stereocenters. The van der Waals surface area contributed by atoms with Crippen LogP contribution in [0, 0.1) is 5.92 Å². The van der Waals surface area contributed by atoms with Crippen LogP contribution in [-0.4, -0.2) is 19.3 Å². The lowest BCUT2D eigenvalue weighted by Gasteiger charge is -2.37. The first-order valence-corrected chi connectivity index (χ1v) is 9.21. The molecule has 1 aliphatic carbocycles. The minimum atomic E-state index is -3.21. The molecule has 0 amide bonds. The number of hydrogen-bond acceptors (Lipinski definition) is 3. The van der Waals surface area contributed by atoms with Gasteiger partial charge in [0, 0.05) is 5.56 Å². The molecule has 0 radical (unpaired) electrons. The van der Waals surface area contributed by atoms with E-state index >= 15 is 0 Å². The monoisotopic (exact) mass is 294 g/mol. The number of aliphatic hydroxyl groups is 1. The van der Waals surface area contributed by atoms with Gasteiger partial charge in [0.2, 0.25) is 0 Å². The van der Waals surface area contributed by atoms with E-state index in [0.29, 0.717) is 29.2 Å². The van der Waals surface area contributed by atoms with Crippen LogP contribution in [0.3, 0.4) is 0 Å². The highest BCUT2D eigenvalue weighted by Gasteiger charge is 2.41. The van der Waals surface area contributed by atoms with Crippen LogP contribution in [-0.2, 0) is 15.4 Å². The Morgan fingerprint density at radius 3 is 2.60 bits per heavy atom. The van der Waals surface area contributed by atoms with Crippen molar-refractivity contribution in [2.24, 2.45) is 5.92 Å². The zero-order valence-electron chi connectivity index (χ0n) is 11.7. The Morgan fingerprint density at radius 1 is 1.15 bits per heavy atom. The maximum Gasteiger partial charge on any atom is 0.178 e. The molecule has 110 valence electrons. The molecule has 0 spiro atoms. The summed E-state index contributed by atoms with van der Waals surface area (Å²) in [7, 11) is -3.21. The molecule has 1 heterocycles. The Morgan fingerprint density at radius 2 is 1.85 bits per heavy atom. The molecule has 0 saturated heterocycles. The quantitative estimate of drug-likeness (QED) is 0.912. The summed E-state index contributed by atoms with van der Waals surface area (Å²) in [6.07, 6.45) is 7.14. The molecule has 20 heavy (non-hydrogen) atoms. The summed E-state index contributed by atoms with van der Waals surface area (Å²) in [5, 5.41) is 11.0. The highest BCUT2D eigenvalue weighted by atomic mass is 32.2. The van der Waals surface area contributed by atoms with Crippen molar-refractivity contribution in [3.8, 4) is 0 Å². The predicted octanol–water partition coefficient (Wildman–Crippen LogP) is 3.02. The Bertz CT molecular complexity index is 587. The van der Waals surface area contributed by atoms with E-state index < -0.39 is 15.4 Å². The van der Waals surface area contributed by atoms with Gasteiger partial charge in [-0.2, -0.15) is 0 Å². The lowest BCUT2D eigenvalue weighted by molar-refractivity contribution is -0.00222. The normalized spacial score (nSPS) is 29.9. The van der Waals surface area contributed by atoms with Gasteiger partial charge in [-0.3, -0.25) is 0 Å². The van der Waals surface area contributed by atoms with Crippen LogP contribution in [0.25, 0.3) is 0 Å². The SMILES string of the molecule is O=S1(=O)CCC(O)(CC2CCCCC2)c2ccccc21. The van der Waals surface area contributed by atoms with Gasteiger partial charge < -0.3 is 5.11 Å². The molecular formula is C16H22O3S. The fraction of sp³-hybridized carbons (Fsp3) is 0.625. The highest BCUT2D eigenvalue weighted by Crippen LogP contribution is 2.43. The Balaban J connectivity index is 1.93. The third kappa shape index (κ3) is 2.51. The van der Waals surface area contributed by atoms with Gasteiger partial charge in [-0.25, -0.2) is 8.42 Å². The lowest BCUT2D eigenvalue weighted by atomic mass is 9.77. The predicted molar refractivity (Wildman–Crippen MR) is 78.2 cm³/mol. The van der Waals surface area contributed by atoms with Crippen LogP contribution in [0.1, 0.15) is 50.5 Å². The summed E-state index contributed by atoms with van der Waals surface area (Å²) >= 11 is 0. The summed E-state index contributed by atoms with van der Waals surface area (Å²) in [5.74, 6) is 0.593. The number of fused-ring (bicyclic) bond motifs is 1. The minimum Gasteiger partial charge on any atom is -0.385 e. The van der Waals surface area contributed by atoms with E-state index in [2.05, 4.69) is 0 Å². The second kappa shape index (κ2) is 5.15. The molecule has 1 fully saturated rings. The Kier molecular flexibility index (Phi) is 3.63. The van der Waals surface area contributed by atoms with E-state index in [1.807, 2.05) is 6.07 Å². The summed E-state index contributed by atoms with van der Waals surface area (Å²) in [6.45, 7) is 0. The summed E-state index contributed by atoms with van der Waals surface area (Å²) in [5.41, 5.74) is -0.332. The van der Waals surface area contributed by atoms with Crippen molar-refractivity contribution in [3.63, 3.8) is 0 Å². The van der Waals surface area contributed by atoms with Crippen LogP contribution in [0.15, 0.2) is 29.2 Å². The zero-order valence-corrected chi connectivity index (χ0v) is 12.5. The topological polar surface area (TPSA) is 54.4 Å². The maximum atomic E-state index is 12.1. The van der Waals surface area contributed by atoms with Crippen LogP contribution in [0.4, 0.5) is 0 Å². The summed E-state index contributed by atoms with van der Waals surface area (Å²) in [6, 6.07) is 6.98. The van der Waals surface area contributed by atoms with Crippen molar-refractivity contribution in [3.05, 3.63) is 29.8 Å². The van der Waals surface area contributed by atoms with Crippen molar-refractivity contribution in [1.82, 2.24) is 0 Å². The molecule has 0 bridgehead atoms. The Hall–Kier alpha value is -0.870. The number of hydrogen-bond donors (Lipinski definition) is 1. The molecule has 1 unspecified atom stereocenters. The van der Waals surface area contributed by atoms with E-state index in [1.165, 1.54) is 19.3 Å². The fourth-order valence-corrected chi connectivity index (χ4v) is 5.46. The Labute approximate surface area is 120 Å². The number of sulfone groups is 1. The standard InChI is InChI=1S/C16H22O3S/c17-16(12-13-6-2-1-3-7-13)10-11-20(18,19)15-9-5-4-8-14(15)16/h4-5,8-9,13,17H,1-3,6-7,10-12H2. The fourth-order valence-electron chi connectivity index (χ4n) is 3.75. The van der Waals surface area contributed by atoms with Gasteiger partial charge in [0.25, 0.3) is 0 Å². The van der Waals surface area contributed by atoms with E-state index in [9.17, 15) is 13.5 Å². The van der Waals surface area contributed by atoms with Gasteiger partial charge in [0.1, 0.15) is 0 Å². The first-order chi connectivity index (χ1) is 9.51. The number of rotatable bonds is 2. The van der Waals surface area contributed by atoms with E-state index in [1.54, 1.807) is 18.2 Å². The van der Waals surface area contributed by atoms with Crippen LogP contribution < -0.4 is 0 Å². The molecule has 1 saturated carbocycles.